The molecule has 5 rings (SSSR count). The summed E-state index contributed by atoms with van der Waals surface area (Å²) in [5, 5.41) is 11.1. The van der Waals surface area contributed by atoms with E-state index in [1.165, 1.54) is 17.7 Å². The lowest BCUT2D eigenvalue weighted by Crippen LogP contribution is -2.33. The van der Waals surface area contributed by atoms with Crippen LogP contribution in [-0.2, 0) is 29.6 Å². The smallest absolute Gasteiger partial charge is 0.339 e. The minimum absolute atomic E-state index is 0.131. The molecule has 1 unspecified atom stereocenters. The topological polar surface area (TPSA) is 99.9 Å². The predicted molar refractivity (Wildman–Crippen MR) is 153 cm³/mol. The van der Waals surface area contributed by atoms with Crippen molar-refractivity contribution in [2.45, 2.75) is 58.8 Å². The Balaban J connectivity index is 1.78. The molecule has 1 aliphatic heterocycles. The van der Waals surface area contributed by atoms with Crippen molar-refractivity contribution in [3.63, 3.8) is 0 Å². The van der Waals surface area contributed by atoms with Gasteiger partial charge in [-0.1, -0.05) is 6.07 Å². The van der Waals surface area contributed by atoms with Crippen LogP contribution in [-0.4, -0.2) is 32.8 Å². The van der Waals surface area contributed by atoms with Crippen molar-refractivity contribution >= 4 is 16.7 Å². The summed E-state index contributed by atoms with van der Waals surface area (Å²) in [6.07, 6.45) is 1.53. The van der Waals surface area contributed by atoms with Crippen molar-refractivity contribution in [2.24, 2.45) is 7.05 Å². The molecule has 2 aromatic heterocycles. The first kappa shape index (κ1) is 28.3. The van der Waals surface area contributed by atoms with Gasteiger partial charge in [-0.3, -0.25) is 9.78 Å². The molecule has 41 heavy (non-hydrogen) atoms. The molecular weight excluding hydrogens is 527 g/mol. The fourth-order valence-corrected chi connectivity index (χ4v) is 5.33. The van der Waals surface area contributed by atoms with Gasteiger partial charge in [-0.2, -0.15) is 0 Å². The number of rotatable bonds is 7. The number of benzene rings is 2. The summed E-state index contributed by atoms with van der Waals surface area (Å²) >= 11 is 0. The first-order valence-corrected chi connectivity index (χ1v) is 13.5. The monoisotopic (exact) mass is 560 g/mol. The molecule has 1 N–H and O–H groups in total. The number of hydrogen-bond donors (Lipinski definition) is 1. The molecule has 0 spiro atoms. The van der Waals surface area contributed by atoms with Crippen molar-refractivity contribution in [1.82, 2.24) is 9.55 Å². The largest absolute Gasteiger partial charge is 0.490 e. The molecule has 3 heterocycles. The van der Waals surface area contributed by atoms with Gasteiger partial charge < -0.3 is 23.9 Å². The summed E-state index contributed by atoms with van der Waals surface area (Å²) < 4.78 is 34.4. The van der Waals surface area contributed by atoms with Gasteiger partial charge in [0.05, 0.1) is 29.0 Å². The van der Waals surface area contributed by atoms with E-state index in [4.69, 9.17) is 14.2 Å². The van der Waals surface area contributed by atoms with Crippen LogP contribution in [0, 0.1) is 12.7 Å². The number of fused-ring (bicyclic) bond motifs is 2. The number of carboxylic acid groups (broad SMARTS) is 1. The number of aliphatic carboxylic acids is 1. The van der Waals surface area contributed by atoms with Crippen molar-refractivity contribution < 1.29 is 28.5 Å². The second-order valence-corrected chi connectivity index (χ2v) is 11.2. The van der Waals surface area contributed by atoms with E-state index in [0.29, 0.717) is 40.7 Å². The normalized spacial score (nSPS) is 13.9. The third-order valence-electron chi connectivity index (χ3n) is 7.18. The van der Waals surface area contributed by atoms with Gasteiger partial charge >= 0.3 is 5.97 Å². The van der Waals surface area contributed by atoms with Crippen molar-refractivity contribution in [3.8, 4) is 22.6 Å². The Kier molecular flexibility index (Phi) is 7.57. The van der Waals surface area contributed by atoms with E-state index in [1.54, 1.807) is 45.2 Å². The highest BCUT2D eigenvalue weighted by Crippen LogP contribution is 2.43. The van der Waals surface area contributed by atoms with Crippen LogP contribution >= 0.6 is 0 Å². The Bertz CT molecular complexity index is 1690. The zero-order chi connectivity index (χ0) is 29.5. The van der Waals surface area contributed by atoms with Crippen LogP contribution < -0.4 is 15.0 Å². The fourth-order valence-electron chi connectivity index (χ4n) is 5.33. The van der Waals surface area contributed by atoms with E-state index in [9.17, 15) is 14.7 Å². The number of aromatic nitrogens is 2. The van der Waals surface area contributed by atoms with Crippen LogP contribution in [0.4, 0.5) is 4.39 Å². The van der Waals surface area contributed by atoms with Crippen LogP contribution in [0.5, 0.6) is 11.5 Å². The van der Waals surface area contributed by atoms with Crippen LogP contribution in [0.15, 0.2) is 53.5 Å². The highest BCUT2D eigenvalue weighted by Gasteiger charge is 2.34. The second kappa shape index (κ2) is 11.0. The lowest BCUT2D eigenvalue weighted by molar-refractivity contribution is -0.161. The van der Waals surface area contributed by atoms with Crippen LogP contribution in [0.1, 0.15) is 55.8 Å². The lowest BCUT2D eigenvalue weighted by atomic mass is 9.87. The number of carbonyl (C=O) groups is 1. The Hall–Kier alpha value is -4.24. The molecule has 0 saturated carbocycles. The van der Waals surface area contributed by atoms with Crippen molar-refractivity contribution in [2.75, 3.05) is 6.61 Å². The van der Waals surface area contributed by atoms with E-state index < -0.39 is 29.1 Å². The molecule has 1 aliphatic rings. The fraction of sp³-hybridized carbons (Fsp3) is 0.344. The van der Waals surface area contributed by atoms with Gasteiger partial charge in [0.15, 0.2) is 17.7 Å². The van der Waals surface area contributed by atoms with Gasteiger partial charge in [-0.25, -0.2) is 9.18 Å². The molecule has 2 aromatic carbocycles. The summed E-state index contributed by atoms with van der Waals surface area (Å²) in [7, 11) is 1.51. The summed E-state index contributed by atoms with van der Waals surface area (Å²) in [4.78, 5) is 30.7. The molecule has 0 fully saturated rings. The van der Waals surface area contributed by atoms with Crippen LogP contribution in [0.25, 0.3) is 21.9 Å². The Morgan fingerprint density at radius 3 is 2.66 bits per heavy atom. The van der Waals surface area contributed by atoms with Gasteiger partial charge in [-0.15, -0.1) is 0 Å². The maximum atomic E-state index is 15.5. The zero-order valence-electron chi connectivity index (χ0n) is 23.8. The summed E-state index contributed by atoms with van der Waals surface area (Å²) in [5.74, 6) is -1.13. The number of halogens is 1. The first-order chi connectivity index (χ1) is 19.5. The molecule has 4 aromatic rings. The second-order valence-electron chi connectivity index (χ2n) is 11.2. The van der Waals surface area contributed by atoms with Gasteiger partial charge in [0, 0.05) is 24.4 Å². The highest BCUT2D eigenvalue weighted by molar-refractivity contribution is 6.00. The molecule has 9 heteroatoms. The Morgan fingerprint density at radius 1 is 1.20 bits per heavy atom. The van der Waals surface area contributed by atoms with E-state index >= 15 is 4.39 Å². The molecule has 0 bridgehead atoms. The quantitative estimate of drug-likeness (QED) is 0.301. The summed E-state index contributed by atoms with van der Waals surface area (Å²) in [6.45, 7) is 7.73. The third kappa shape index (κ3) is 5.54. The Labute approximate surface area is 237 Å². The minimum Gasteiger partial charge on any atom is -0.490 e. The molecule has 0 radical (unpaired) electrons. The first-order valence-electron chi connectivity index (χ1n) is 13.5. The standard InChI is InChI=1S/C32H33FN2O6/c1-18-21-10-8-14-39-28(21)25(33)16-23(18)26-22-12-11-20(40-17-19-9-6-7-13-34-19)15-24(22)30(36)35(5)27(26)29(31(37)38)41-32(2,3)4/h6-7,9,11-13,15-16,29H,8,10,14,17H2,1-5H3,(H,37,38). The predicted octanol–water partition coefficient (Wildman–Crippen LogP) is 5.89. The minimum atomic E-state index is -1.50. The summed E-state index contributed by atoms with van der Waals surface area (Å²) in [6, 6.07) is 11.9. The average molecular weight is 561 g/mol. The van der Waals surface area contributed by atoms with Crippen molar-refractivity contribution in [3.05, 3.63) is 87.3 Å². The molecule has 0 amide bonds. The van der Waals surface area contributed by atoms with Gasteiger partial charge in [0.25, 0.3) is 5.56 Å². The number of hydrogen-bond acceptors (Lipinski definition) is 6. The third-order valence-corrected chi connectivity index (χ3v) is 7.18. The van der Waals surface area contributed by atoms with E-state index in [0.717, 1.165) is 23.2 Å². The number of ether oxygens (including phenoxy) is 3. The SMILES string of the molecule is Cc1c(-c2c(C(OC(C)(C)C)C(=O)O)n(C)c(=O)c3cc(OCc4ccccn4)ccc23)cc(F)c2c1CCCO2. The lowest BCUT2D eigenvalue weighted by Gasteiger charge is -2.29. The van der Waals surface area contributed by atoms with E-state index in [-0.39, 0.29) is 18.1 Å². The van der Waals surface area contributed by atoms with Gasteiger partial charge in [0.2, 0.25) is 0 Å². The molecule has 8 nitrogen and oxygen atoms in total. The molecule has 0 saturated heterocycles. The molecular formula is C32H33FN2O6. The molecule has 0 aliphatic carbocycles. The number of nitrogens with zero attached hydrogens (tertiary/aromatic N) is 2. The zero-order valence-corrected chi connectivity index (χ0v) is 23.8. The number of carboxylic acids is 1. The Morgan fingerprint density at radius 2 is 1.98 bits per heavy atom. The average Bonchev–Trinajstić information content (AvgIpc) is 2.95. The van der Waals surface area contributed by atoms with Gasteiger partial charge in [-0.05, 0) is 93.4 Å². The van der Waals surface area contributed by atoms with Crippen LogP contribution in [0.2, 0.25) is 0 Å². The highest BCUT2D eigenvalue weighted by atomic mass is 19.1. The van der Waals surface area contributed by atoms with E-state index in [1.807, 2.05) is 25.1 Å². The molecule has 214 valence electrons. The molecule has 1 atom stereocenters. The van der Waals surface area contributed by atoms with Crippen LogP contribution in [0.3, 0.4) is 0 Å². The van der Waals surface area contributed by atoms with Crippen molar-refractivity contribution in [1.29, 1.82) is 0 Å². The number of pyridine rings is 2. The maximum absolute atomic E-state index is 15.5. The maximum Gasteiger partial charge on any atom is 0.339 e. The summed E-state index contributed by atoms with van der Waals surface area (Å²) in [5.41, 5.74) is 1.97. The van der Waals surface area contributed by atoms with E-state index in [2.05, 4.69) is 4.98 Å². The van der Waals surface area contributed by atoms with Gasteiger partial charge in [0.1, 0.15) is 12.4 Å².